The zero-order valence-electron chi connectivity index (χ0n) is 11.1. The lowest BCUT2D eigenvalue weighted by atomic mass is 9.75. The van der Waals surface area contributed by atoms with Gasteiger partial charge in [-0.25, -0.2) is 0 Å². The Bertz CT molecular complexity index is 388. The van der Waals surface area contributed by atoms with Gasteiger partial charge in [-0.2, -0.15) is 0 Å². The Morgan fingerprint density at radius 2 is 2.00 bits per heavy atom. The van der Waals surface area contributed by atoms with Crippen LogP contribution in [0, 0.1) is 5.92 Å². The minimum Gasteiger partial charge on any atom is -0.395 e. The van der Waals surface area contributed by atoms with Crippen LogP contribution < -0.4 is 5.32 Å². The van der Waals surface area contributed by atoms with E-state index in [9.17, 15) is 5.11 Å². The van der Waals surface area contributed by atoms with Crippen LogP contribution in [0.2, 0.25) is 0 Å². The maximum absolute atomic E-state index is 9.32. The molecule has 1 aliphatic rings. The van der Waals surface area contributed by atoms with Crippen molar-refractivity contribution >= 4 is 15.9 Å². The van der Waals surface area contributed by atoms with Crippen LogP contribution in [0.15, 0.2) is 28.7 Å². The summed E-state index contributed by atoms with van der Waals surface area (Å²) in [6.45, 7) is 4.53. The van der Waals surface area contributed by atoms with Crippen molar-refractivity contribution in [2.24, 2.45) is 5.92 Å². The second-order valence-corrected chi connectivity index (χ2v) is 6.44. The van der Waals surface area contributed by atoms with E-state index in [1.54, 1.807) is 0 Å². The number of halogens is 1. The van der Waals surface area contributed by atoms with Gasteiger partial charge < -0.3 is 10.4 Å². The van der Waals surface area contributed by atoms with Gasteiger partial charge >= 0.3 is 0 Å². The number of hydrogen-bond donors (Lipinski definition) is 2. The molecule has 0 aromatic heterocycles. The molecule has 1 saturated carbocycles. The average Bonchev–Trinajstić information content (AvgIpc) is 2.29. The van der Waals surface area contributed by atoms with Gasteiger partial charge in [0.25, 0.3) is 0 Å². The highest BCUT2D eigenvalue weighted by atomic mass is 79.9. The summed E-state index contributed by atoms with van der Waals surface area (Å²) in [6, 6.07) is 9.27. The van der Waals surface area contributed by atoms with Crippen molar-refractivity contribution in [3.63, 3.8) is 0 Å². The second-order valence-electron chi connectivity index (χ2n) is 5.59. The molecule has 1 aromatic rings. The molecule has 1 atom stereocenters. The maximum atomic E-state index is 9.32. The van der Waals surface area contributed by atoms with Crippen molar-refractivity contribution in [3.8, 4) is 0 Å². The minimum atomic E-state index is 0.230. The average molecular weight is 312 g/mol. The summed E-state index contributed by atoms with van der Waals surface area (Å²) < 4.78 is 1.22. The van der Waals surface area contributed by atoms with Crippen molar-refractivity contribution in [2.45, 2.75) is 44.7 Å². The molecule has 2 nitrogen and oxygen atoms in total. The van der Waals surface area contributed by atoms with Gasteiger partial charge in [0.1, 0.15) is 0 Å². The molecule has 0 unspecified atom stereocenters. The first-order valence-electron chi connectivity index (χ1n) is 6.73. The third-order valence-electron chi connectivity index (χ3n) is 3.93. The van der Waals surface area contributed by atoms with E-state index in [0.717, 1.165) is 0 Å². The Morgan fingerprint density at radius 3 is 2.56 bits per heavy atom. The van der Waals surface area contributed by atoms with Crippen molar-refractivity contribution in [1.29, 1.82) is 0 Å². The van der Waals surface area contributed by atoms with E-state index < -0.39 is 0 Å². The molecule has 0 spiro atoms. The fraction of sp³-hybridized carbons (Fsp3) is 0.600. The summed E-state index contributed by atoms with van der Waals surface area (Å²) in [5.41, 5.74) is 1.42. The number of aliphatic hydroxyl groups excluding tert-OH is 1. The van der Waals surface area contributed by atoms with Crippen LogP contribution in [0.1, 0.15) is 38.2 Å². The molecule has 1 fully saturated rings. The molecular formula is C15H22BrNO. The largest absolute Gasteiger partial charge is 0.395 e. The van der Waals surface area contributed by atoms with Crippen LogP contribution in [0.5, 0.6) is 0 Å². The summed E-state index contributed by atoms with van der Waals surface area (Å²) >= 11 is 3.62. The van der Waals surface area contributed by atoms with E-state index >= 15 is 0 Å². The highest BCUT2D eigenvalue weighted by Crippen LogP contribution is 2.40. The molecular weight excluding hydrogens is 290 g/mol. The number of nitrogens with one attached hydrogen (secondary N) is 1. The van der Waals surface area contributed by atoms with Gasteiger partial charge in [-0.3, -0.25) is 0 Å². The standard InChI is InChI=1S/C15H22BrNO/c1-10(2)15(9-18)17-12-7-11(8-12)13-5-3-4-6-14(13)16/h3-6,10-12,15,17-18H,7-9H2,1-2H3/t11?,12?,15-/m1/s1. The third kappa shape index (κ3) is 3.14. The second kappa shape index (κ2) is 6.18. The molecule has 18 heavy (non-hydrogen) atoms. The van der Waals surface area contributed by atoms with Crippen LogP contribution in [0.25, 0.3) is 0 Å². The van der Waals surface area contributed by atoms with E-state index in [1.165, 1.54) is 22.9 Å². The maximum Gasteiger partial charge on any atom is 0.0587 e. The lowest BCUT2D eigenvalue weighted by Gasteiger charge is -2.39. The van der Waals surface area contributed by atoms with Crippen molar-refractivity contribution < 1.29 is 5.11 Å². The van der Waals surface area contributed by atoms with E-state index in [4.69, 9.17) is 0 Å². The van der Waals surface area contributed by atoms with Crippen molar-refractivity contribution in [2.75, 3.05) is 6.61 Å². The van der Waals surface area contributed by atoms with Gasteiger partial charge in [0.05, 0.1) is 6.61 Å². The molecule has 3 heteroatoms. The molecule has 0 saturated heterocycles. The minimum absolute atomic E-state index is 0.230. The molecule has 0 radical (unpaired) electrons. The Hall–Kier alpha value is -0.380. The topological polar surface area (TPSA) is 32.3 Å². The molecule has 0 bridgehead atoms. The van der Waals surface area contributed by atoms with Gasteiger partial charge in [0, 0.05) is 16.6 Å². The molecule has 100 valence electrons. The monoisotopic (exact) mass is 311 g/mol. The zero-order valence-corrected chi connectivity index (χ0v) is 12.7. The van der Waals surface area contributed by atoms with Crippen LogP contribution in [0.3, 0.4) is 0 Å². The first-order chi connectivity index (χ1) is 8.61. The van der Waals surface area contributed by atoms with Crippen LogP contribution >= 0.6 is 15.9 Å². The van der Waals surface area contributed by atoms with E-state index in [-0.39, 0.29) is 12.6 Å². The summed E-state index contributed by atoms with van der Waals surface area (Å²) in [5, 5.41) is 12.9. The lowest BCUT2D eigenvalue weighted by molar-refractivity contribution is 0.169. The Morgan fingerprint density at radius 1 is 1.33 bits per heavy atom. The fourth-order valence-corrected chi connectivity index (χ4v) is 3.18. The fourth-order valence-electron chi connectivity index (χ4n) is 2.57. The summed E-state index contributed by atoms with van der Waals surface area (Å²) in [6.07, 6.45) is 2.34. The van der Waals surface area contributed by atoms with Crippen LogP contribution in [-0.2, 0) is 0 Å². The number of aliphatic hydroxyl groups is 1. The van der Waals surface area contributed by atoms with E-state index in [2.05, 4.69) is 59.4 Å². The number of rotatable bonds is 5. The lowest BCUT2D eigenvalue weighted by Crippen LogP contribution is -2.49. The van der Waals surface area contributed by atoms with Crippen molar-refractivity contribution in [3.05, 3.63) is 34.3 Å². The van der Waals surface area contributed by atoms with Crippen molar-refractivity contribution in [1.82, 2.24) is 5.32 Å². The highest BCUT2D eigenvalue weighted by molar-refractivity contribution is 9.10. The normalized spacial score (nSPS) is 24.9. The zero-order chi connectivity index (χ0) is 13.1. The first kappa shape index (κ1) is 14.0. The quantitative estimate of drug-likeness (QED) is 0.874. The molecule has 0 amide bonds. The smallest absolute Gasteiger partial charge is 0.0587 e. The summed E-state index contributed by atoms with van der Waals surface area (Å²) in [4.78, 5) is 0. The van der Waals surface area contributed by atoms with Gasteiger partial charge in [-0.05, 0) is 36.3 Å². The molecule has 1 aliphatic carbocycles. The van der Waals surface area contributed by atoms with Gasteiger partial charge in [-0.1, -0.05) is 48.0 Å². The van der Waals surface area contributed by atoms with E-state index in [0.29, 0.717) is 17.9 Å². The van der Waals surface area contributed by atoms with Gasteiger partial charge in [-0.15, -0.1) is 0 Å². The molecule has 0 heterocycles. The first-order valence-corrected chi connectivity index (χ1v) is 7.52. The third-order valence-corrected chi connectivity index (χ3v) is 4.66. The molecule has 2 rings (SSSR count). The Labute approximate surface area is 118 Å². The molecule has 2 N–H and O–H groups in total. The SMILES string of the molecule is CC(C)[C@@H](CO)NC1CC(c2ccccc2Br)C1. The number of benzene rings is 1. The highest BCUT2D eigenvalue weighted by Gasteiger charge is 2.32. The Balaban J connectivity index is 1.86. The Kier molecular flexibility index (Phi) is 4.82. The molecule has 0 aliphatic heterocycles. The van der Waals surface area contributed by atoms with E-state index in [1.807, 2.05) is 0 Å². The summed E-state index contributed by atoms with van der Waals surface area (Å²) in [7, 11) is 0. The predicted molar refractivity (Wildman–Crippen MR) is 78.8 cm³/mol. The number of hydrogen-bond acceptors (Lipinski definition) is 2. The van der Waals surface area contributed by atoms with Crippen LogP contribution in [-0.4, -0.2) is 23.8 Å². The summed E-state index contributed by atoms with van der Waals surface area (Å²) in [5.74, 6) is 1.14. The van der Waals surface area contributed by atoms with Crippen LogP contribution in [0.4, 0.5) is 0 Å². The van der Waals surface area contributed by atoms with Gasteiger partial charge in [0.15, 0.2) is 0 Å². The predicted octanol–water partition coefficient (Wildman–Crippen LogP) is 3.30. The van der Waals surface area contributed by atoms with Gasteiger partial charge in [0.2, 0.25) is 0 Å². The molecule has 1 aromatic carbocycles.